The molecule has 0 spiro atoms. The topological polar surface area (TPSA) is 153 Å². The highest BCUT2D eigenvalue weighted by molar-refractivity contribution is 6.31. The van der Waals surface area contributed by atoms with Crippen molar-refractivity contribution in [1.29, 1.82) is 5.26 Å². The third kappa shape index (κ3) is 8.32. The van der Waals surface area contributed by atoms with E-state index < -0.39 is 17.3 Å². The highest BCUT2D eigenvalue weighted by Gasteiger charge is 2.64. The number of piperidine rings is 2. The molecule has 14 nitrogen and oxygen atoms in total. The largest absolute Gasteiger partial charge is 0.489 e. The number of amides is 3. The minimum absolute atomic E-state index is 0.00447. The Labute approximate surface area is 389 Å². The van der Waals surface area contributed by atoms with Crippen LogP contribution in [0.15, 0.2) is 48.8 Å². The quantitative estimate of drug-likeness (QED) is 0.176. The number of hydrogen-bond acceptors (Lipinski definition) is 10. The summed E-state index contributed by atoms with van der Waals surface area (Å²) in [6.45, 7) is 13.9. The van der Waals surface area contributed by atoms with Gasteiger partial charge in [0.2, 0.25) is 17.8 Å². The van der Waals surface area contributed by atoms with Gasteiger partial charge in [0.25, 0.3) is 12.3 Å². The fourth-order valence-electron chi connectivity index (χ4n) is 11.5. The molecular formula is C49H57ClF2N10O4. The van der Waals surface area contributed by atoms with Gasteiger partial charge in [0, 0.05) is 116 Å². The first-order valence-electron chi connectivity index (χ1n) is 23.1. The Morgan fingerprint density at radius 2 is 1.62 bits per heavy atom. The summed E-state index contributed by atoms with van der Waals surface area (Å²) < 4.78 is 36.2. The Hall–Kier alpha value is -5.82. The second-order valence-corrected chi connectivity index (χ2v) is 20.1. The summed E-state index contributed by atoms with van der Waals surface area (Å²) >= 11 is 6.26. The van der Waals surface area contributed by atoms with Crippen LogP contribution in [0.1, 0.15) is 117 Å². The van der Waals surface area contributed by atoms with Crippen LogP contribution in [0, 0.1) is 28.1 Å². The number of ether oxygens (including phenoxy) is 1. The van der Waals surface area contributed by atoms with Crippen molar-refractivity contribution in [2.45, 2.75) is 111 Å². The molecule has 0 atom stereocenters. The van der Waals surface area contributed by atoms with E-state index in [9.17, 15) is 28.4 Å². The van der Waals surface area contributed by atoms with Gasteiger partial charge in [-0.1, -0.05) is 51.4 Å². The monoisotopic (exact) mass is 922 g/mol. The zero-order valence-electron chi connectivity index (χ0n) is 38.2. The molecular weight excluding hydrogens is 866 g/mol. The van der Waals surface area contributed by atoms with Gasteiger partial charge in [0.05, 0.1) is 28.7 Å². The molecule has 17 heteroatoms. The number of nitrogens with one attached hydrogen (secondary N) is 1. The molecule has 0 radical (unpaired) electrons. The van der Waals surface area contributed by atoms with E-state index in [4.69, 9.17) is 21.4 Å². The third-order valence-corrected chi connectivity index (χ3v) is 15.1. The van der Waals surface area contributed by atoms with Gasteiger partial charge in [0.15, 0.2) is 5.82 Å². The molecule has 348 valence electrons. The van der Waals surface area contributed by atoms with E-state index in [1.54, 1.807) is 43.6 Å². The predicted molar refractivity (Wildman–Crippen MR) is 245 cm³/mol. The van der Waals surface area contributed by atoms with Crippen LogP contribution in [-0.2, 0) is 29.0 Å². The second-order valence-electron chi connectivity index (χ2n) is 19.7. The number of aromatic nitrogens is 4. The number of anilines is 3. The maximum absolute atomic E-state index is 13.9. The molecule has 3 amide bonds. The number of fused-ring (bicyclic) bond motifs is 2. The molecule has 1 aliphatic carbocycles. The molecule has 2 aromatic heterocycles. The Kier molecular flexibility index (Phi) is 12.2. The lowest BCUT2D eigenvalue weighted by molar-refractivity contribution is -0.164. The summed E-state index contributed by atoms with van der Waals surface area (Å²) in [5.41, 5.74) is 3.73. The Morgan fingerprint density at radius 1 is 0.909 bits per heavy atom. The first-order chi connectivity index (χ1) is 31.5. The molecule has 0 bridgehead atoms. The van der Waals surface area contributed by atoms with Crippen molar-refractivity contribution in [1.82, 2.24) is 34.9 Å². The minimum atomic E-state index is -2.58. The van der Waals surface area contributed by atoms with E-state index in [1.807, 2.05) is 15.9 Å². The summed E-state index contributed by atoms with van der Waals surface area (Å²) in [5.74, 6) is 1.60. The van der Waals surface area contributed by atoms with Crippen LogP contribution in [-0.4, -0.2) is 98.7 Å². The SMILES string of the molecule is CC(=O)N1CCc2c(c(N3CCCc4ccc(C(F)F)cc43)nn2C2CCN(C(=O)C3CCN(c4ncc(C(=O)NC5C(C)(C)C(Oc6ccc(C#N)c(Cl)c6)C5(C)C)cn4)CC3)CC2)C1. The molecule has 2 saturated heterocycles. The third-order valence-electron chi connectivity index (χ3n) is 14.8. The van der Waals surface area contributed by atoms with Crippen LogP contribution in [0.5, 0.6) is 5.75 Å². The van der Waals surface area contributed by atoms with Gasteiger partial charge in [-0.05, 0) is 62.3 Å². The number of hydrogen-bond donors (Lipinski definition) is 1. The smallest absolute Gasteiger partial charge is 0.263 e. The Morgan fingerprint density at radius 3 is 2.27 bits per heavy atom. The van der Waals surface area contributed by atoms with Crippen molar-refractivity contribution < 1.29 is 27.9 Å². The van der Waals surface area contributed by atoms with E-state index in [1.165, 1.54) is 6.07 Å². The Balaban J connectivity index is 0.792. The van der Waals surface area contributed by atoms with Gasteiger partial charge < -0.3 is 29.7 Å². The standard InChI is InChI=1S/C49H57ClF2N10O4/c1-29(63)60-22-16-39-37(28-60)42(61-17-6-7-30-8-9-32(41(51)52)23-40(30)61)57-62(39)35-14-20-58(21-15-35)44(65)31-12-18-59(19-13-31)47-54-26-34(27-55-47)43(64)56-45-48(2,3)46(49(45,4)5)66-36-11-10-33(25-53)38(50)24-36/h8-11,23-24,26-27,31,35,41,45-46H,6-7,12-22,28H2,1-5H3,(H,56,64). The number of likely N-dealkylation sites (tertiary alicyclic amines) is 1. The summed E-state index contributed by atoms with van der Waals surface area (Å²) in [6, 6.07) is 11.9. The number of benzene rings is 2. The van der Waals surface area contributed by atoms with Crippen LogP contribution < -0.4 is 19.9 Å². The van der Waals surface area contributed by atoms with Crippen molar-refractivity contribution >= 4 is 46.8 Å². The van der Waals surface area contributed by atoms with Gasteiger partial charge in [-0.25, -0.2) is 18.7 Å². The van der Waals surface area contributed by atoms with E-state index >= 15 is 0 Å². The van der Waals surface area contributed by atoms with Crippen LogP contribution in [0.4, 0.5) is 26.2 Å². The number of alkyl halides is 2. The van der Waals surface area contributed by atoms with Gasteiger partial charge >= 0.3 is 0 Å². The summed E-state index contributed by atoms with van der Waals surface area (Å²) in [5, 5.41) is 18.0. The molecule has 0 unspecified atom stereocenters. The normalized spacial score (nSPS) is 21.7. The summed E-state index contributed by atoms with van der Waals surface area (Å²) in [7, 11) is 0. The average molecular weight is 924 g/mol. The van der Waals surface area contributed by atoms with Gasteiger partial charge in [0.1, 0.15) is 17.9 Å². The number of carbonyl (C=O) groups excluding carboxylic acids is 3. The first-order valence-corrected chi connectivity index (χ1v) is 23.5. The molecule has 4 aliphatic heterocycles. The number of carbonyl (C=O) groups is 3. The van der Waals surface area contributed by atoms with Crippen LogP contribution in [0.2, 0.25) is 5.02 Å². The average Bonchev–Trinajstić information content (AvgIpc) is 3.70. The first kappa shape index (κ1) is 45.3. The van der Waals surface area contributed by atoms with Gasteiger partial charge in [-0.2, -0.15) is 10.4 Å². The number of rotatable bonds is 9. The van der Waals surface area contributed by atoms with Gasteiger partial charge in [-0.15, -0.1) is 0 Å². The van der Waals surface area contributed by atoms with E-state index in [0.717, 1.165) is 54.0 Å². The van der Waals surface area contributed by atoms with Crippen molar-refractivity contribution in [3.63, 3.8) is 0 Å². The lowest BCUT2D eigenvalue weighted by atomic mass is 9.49. The fraction of sp³-hybridized carbons (Fsp3) is 0.531. The van der Waals surface area contributed by atoms with E-state index in [0.29, 0.717) is 92.9 Å². The van der Waals surface area contributed by atoms with Crippen molar-refractivity contribution in [2.24, 2.45) is 16.7 Å². The maximum Gasteiger partial charge on any atom is 0.263 e. The molecule has 6 heterocycles. The highest BCUT2D eigenvalue weighted by atomic mass is 35.5. The molecule has 4 aromatic rings. The van der Waals surface area contributed by atoms with Crippen LogP contribution in [0.25, 0.3) is 0 Å². The lowest BCUT2D eigenvalue weighted by Crippen LogP contribution is -2.74. The second kappa shape index (κ2) is 17.8. The van der Waals surface area contributed by atoms with Crippen LogP contribution in [0.3, 0.4) is 0 Å². The number of halogens is 3. The zero-order valence-corrected chi connectivity index (χ0v) is 39.0. The van der Waals surface area contributed by atoms with Crippen LogP contribution >= 0.6 is 11.6 Å². The lowest BCUT2D eigenvalue weighted by Gasteiger charge is -2.63. The number of nitriles is 1. The predicted octanol–water partition coefficient (Wildman–Crippen LogP) is 7.82. The van der Waals surface area contributed by atoms with Gasteiger partial charge in [-0.3, -0.25) is 19.1 Å². The van der Waals surface area contributed by atoms with Crippen molar-refractivity contribution in [2.75, 3.05) is 49.1 Å². The van der Waals surface area contributed by atoms with Crippen molar-refractivity contribution in [3.8, 4) is 11.8 Å². The molecule has 3 fully saturated rings. The Bertz CT molecular complexity index is 2550. The van der Waals surface area contributed by atoms with E-state index in [-0.39, 0.29) is 47.4 Å². The van der Waals surface area contributed by atoms with Crippen molar-refractivity contribution in [3.05, 3.63) is 87.3 Å². The molecule has 66 heavy (non-hydrogen) atoms. The molecule has 1 saturated carbocycles. The molecule has 9 rings (SSSR count). The summed E-state index contributed by atoms with van der Waals surface area (Å²) in [4.78, 5) is 57.1. The molecule has 5 aliphatic rings. The molecule has 2 aromatic carbocycles. The molecule has 1 N–H and O–H groups in total. The zero-order chi connectivity index (χ0) is 46.7. The number of aryl methyl sites for hydroxylation is 1. The summed E-state index contributed by atoms with van der Waals surface area (Å²) in [6.07, 6.45) is 5.45. The number of nitrogens with zero attached hydrogens (tertiary/aromatic N) is 9. The minimum Gasteiger partial charge on any atom is -0.489 e. The van der Waals surface area contributed by atoms with E-state index in [2.05, 4.69) is 63.5 Å². The fourth-order valence-corrected chi connectivity index (χ4v) is 11.7. The maximum atomic E-state index is 13.9. The highest BCUT2D eigenvalue weighted by Crippen LogP contribution is 2.55.